The first-order chi connectivity index (χ1) is 8.69. The minimum Gasteiger partial charge on any atom is -0.469 e. The highest BCUT2D eigenvalue weighted by molar-refractivity contribution is 5.95. The lowest BCUT2D eigenvalue weighted by Crippen LogP contribution is -2.51. The van der Waals surface area contributed by atoms with E-state index in [1.807, 2.05) is 11.8 Å². The molecule has 100 valence electrons. The second-order valence-corrected chi connectivity index (χ2v) is 5.03. The quantitative estimate of drug-likeness (QED) is 0.893. The van der Waals surface area contributed by atoms with Gasteiger partial charge in [0.25, 0.3) is 5.91 Å². The van der Waals surface area contributed by atoms with Crippen LogP contribution in [0.1, 0.15) is 42.8 Å². The Morgan fingerprint density at radius 2 is 2.39 bits per heavy atom. The third-order valence-corrected chi connectivity index (χ3v) is 3.91. The molecule has 2 N–H and O–H groups in total. The minimum absolute atomic E-state index is 0.0719. The number of carbonyl (C=O) groups is 1. The van der Waals surface area contributed by atoms with E-state index in [9.17, 15) is 4.79 Å². The van der Waals surface area contributed by atoms with Crippen LogP contribution in [0.3, 0.4) is 0 Å². The van der Waals surface area contributed by atoms with Crippen LogP contribution in [0.5, 0.6) is 0 Å². The van der Waals surface area contributed by atoms with Crippen molar-refractivity contribution in [3.8, 4) is 0 Å². The van der Waals surface area contributed by atoms with Gasteiger partial charge in [0.15, 0.2) is 0 Å². The number of hydrogen-bond acceptors (Lipinski definition) is 3. The molecular weight excluding hydrogens is 228 g/mol. The number of piperidine rings is 1. The average Bonchev–Trinajstić information content (AvgIpc) is 2.85. The normalized spacial score (nSPS) is 24.3. The maximum atomic E-state index is 12.6. The molecule has 2 unspecified atom stereocenters. The molecule has 0 bridgehead atoms. The van der Waals surface area contributed by atoms with Gasteiger partial charge in [0.1, 0.15) is 5.76 Å². The molecule has 4 heteroatoms. The van der Waals surface area contributed by atoms with Crippen molar-refractivity contribution in [2.75, 3.05) is 13.1 Å². The Kier molecular flexibility index (Phi) is 4.07. The van der Waals surface area contributed by atoms with Gasteiger partial charge in [0.05, 0.1) is 11.8 Å². The molecule has 18 heavy (non-hydrogen) atoms. The SMILES string of the molecule is CCc1occc1C(=O)N1CCCC(C)C1CN. The second kappa shape index (κ2) is 5.57. The predicted octanol–water partition coefficient (Wildman–Crippen LogP) is 2.04. The maximum Gasteiger partial charge on any atom is 0.257 e. The Morgan fingerprint density at radius 1 is 1.61 bits per heavy atom. The Hall–Kier alpha value is -1.29. The standard InChI is InChI=1S/C14H22N2O2/c1-3-13-11(6-8-18-13)14(17)16-7-4-5-10(2)12(16)9-15/h6,8,10,12H,3-5,7,9,15H2,1-2H3. The fourth-order valence-electron chi connectivity index (χ4n) is 2.82. The number of nitrogens with zero attached hydrogens (tertiary/aromatic N) is 1. The Bertz CT molecular complexity index is 414. The lowest BCUT2D eigenvalue weighted by molar-refractivity contribution is 0.0530. The zero-order valence-electron chi connectivity index (χ0n) is 11.2. The van der Waals surface area contributed by atoms with Crippen LogP contribution in [0.25, 0.3) is 0 Å². The van der Waals surface area contributed by atoms with Gasteiger partial charge in [-0.2, -0.15) is 0 Å². The molecule has 1 saturated heterocycles. The first kappa shape index (κ1) is 13.1. The van der Waals surface area contributed by atoms with Crippen LogP contribution in [0, 0.1) is 5.92 Å². The van der Waals surface area contributed by atoms with E-state index in [-0.39, 0.29) is 11.9 Å². The summed E-state index contributed by atoms with van der Waals surface area (Å²) in [5, 5.41) is 0. The number of likely N-dealkylation sites (tertiary alicyclic amines) is 1. The fourth-order valence-corrected chi connectivity index (χ4v) is 2.82. The van der Waals surface area contributed by atoms with E-state index in [0.717, 1.165) is 31.6 Å². The third-order valence-electron chi connectivity index (χ3n) is 3.91. The van der Waals surface area contributed by atoms with Crippen molar-refractivity contribution in [2.24, 2.45) is 11.7 Å². The highest BCUT2D eigenvalue weighted by Crippen LogP contribution is 2.25. The van der Waals surface area contributed by atoms with Gasteiger partial charge in [-0.3, -0.25) is 4.79 Å². The molecule has 0 radical (unpaired) electrons. The van der Waals surface area contributed by atoms with E-state index < -0.39 is 0 Å². The number of furan rings is 1. The number of hydrogen-bond donors (Lipinski definition) is 1. The van der Waals surface area contributed by atoms with E-state index in [1.54, 1.807) is 12.3 Å². The van der Waals surface area contributed by atoms with Crippen molar-refractivity contribution in [3.05, 3.63) is 23.7 Å². The molecule has 2 heterocycles. The summed E-state index contributed by atoms with van der Waals surface area (Å²) in [4.78, 5) is 14.5. The summed E-state index contributed by atoms with van der Waals surface area (Å²) in [7, 11) is 0. The third kappa shape index (κ3) is 2.29. The number of rotatable bonds is 3. The molecule has 1 aromatic rings. The van der Waals surface area contributed by atoms with Crippen LogP contribution >= 0.6 is 0 Å². The van der Waals surface area contributed by atoms with Gasteiger partial charge in [-0.1, -0.05) is 13.8 Å². The number of aryl methyl sites for hydroxylation is 1. The molecule has 0 aliphatic carbocycles. The van der Waals surface area contributed by atoms with E-state index in [4.69, 9.17) is 10.2 Å². The van der Waals surface area contributed by atoms with Crippen LogP contribution in [-0.2, 0) is 6.42 Å². The second-order valence-electron chi connectivity index (χ2n) is 5.03. The maximum absolute atomic E-state index is 12.6. The number of amides is 1. The van der Waals surface area contributed by atoms with Gasteiger partial charge in [-0.25, -0.2) is 0 Å². The van der Waals surface area contributed by atoms with Crippen molar-refractivity contribution >= 4 is 5.91 Å². The Balaban J connectivity index is 2.21. The molecule has 1 amide bonds. The molecule has 1 fully saturated rings. The summed E-state index contributed by atoms with van der Waals surface area (Å²) in [6.07, 6.45) is 4.54. The first-order valence-corrected chi connectivity index (χ1v) is 6.76. The van der Waals surface area contributed by atoms with E-state index >= 15 is 0 Å². The van der Waals surface area contributed by atoms with Crippen molar-refractivity contribution in [2.45, 2.75) is 39.2 Å². The first-order valence-electron chi connectivity index (χ1n) is 6.76. The van der Waals surface area contributed by atoms with Gasteiger partial charge in [0, 0.05) is 25.6 Å². The molecule has 1 aliphatic heterocycles. The summed E-state index contributed by atoms with van der Waals surface area (Å²) < 4.78 is 5.34. The molecule has 2 rings (SSSR count). The largest absolute Gasteiger partial charge is 0.469 e. The van der Waals surface area contributed by atoms with Gasteiger partial charge >= 0.3 is 0 Å². The lowest BCUT2D eigenvalue weighted by Gasteiger charge is -2.39. The summed E-state index contributed by atoms with van der Waals surface area (Å²) >= 11 is 0. The zero-order valence-corrected chi connectivity index (χ0v) is 11.2. The zero-order chi connectivity index (χ0) is 13.1. The van der Waals surface area contributed by atoms with E-state index in [1.165, 1.54) is 0 Å². The van der Waals surface area contributed by atoms with Crippen LogP contribution in [0.2, 0.25) is 0 Å². The van der Waals surface area contributed by atoms with Crippen molar-refractivity contribution in [3.63, 3.8) is 0 Å². The van der Waals surface area contributed by atoms with Gasteiger partial charge in [0.2, 0.25) is 0 Å². The Morgan fingerprint density at radius 3 is 3.06 bits per heavy atom. The van der Waals surface area contributed by atoms with E-state index in [0.29, 0.717) is 18.0 Å². The fraction of sp³-hybridized carbons (Fsp3) is 0.643. The highest BCUT2D eigenvalue weighted by Gasteiger charge is 2.32. The predicted molar refractivity (Wildman–Crippen MR) is 70.4 cm³/mol. The smallest absolute Gasteiger partial charge is 0.257 e. The molecule has 1 aliphatic rings. The number of carbonyl (C=O) groups excluding carboxylic acids is 1. The van der Waals surface area contributed by atoms with Crippen LogP contribution in [0.4, 0.5) is 0 Å². The molecule has 0 saturated carbocycles. The molecule has 0 aromatic carbocycles. The molecular formula is C14H22N2O2. The van der Waals surface area contributed by atoms with Crippen LogP contribution in [-0.4, -0.2) is 29.9 Å². The molecule has 0 spiro atoms. The summed E-state index contributed by atoms with van der Waals surface area (Å²) in [6, 6.07) is 1.93. The summed E-state index contributed by atoms with van der Waals surface area (Å²) in [6.45, 7) is 5.51. The summed E-state index contributed by atoms with van der Waals surface area (Å²) in [5.41, 5.74) is 6.53. The monoisotopic (exact) mass is 250 g/mol. The van der Waals surface area contributed by atoms with Crippen LogP contribution < -0.4 is 5.73 Å². The molecule has 2 atom stereocenters. The molecule has 1 aromatic heterocycles. The molecule has 4 nitrogen and oxygen atoms in total. The summed E-state index contributed by atoms with van der Waals surface area (Å²) in [5.74, 6) is 1.32. The Labute approximate surface area is 108 Å². The lowest BCUT2D eigenvalue weighted by atomic mass is 9.90. The average molecular weight is 250 g/mol. The van der Waals surface area contributed by atoms with Crippen LogP contribution in [0.15, 0.2) is 16.7 Å². The van der Waals surface area contributed by atoms with E-state index in [2.05, 4.69) is 6.92 Å². The number of nitrogens with two attached hydrogens (primary N) is 1. The van der Waals surface area contributed by atoms with Gasteiger partial charge in [-0.05, 0) is 24.8 Å². The minimum atomic E-state index is 0.0719. The van der Waals surface area contributed by atoms with Crippen molar-refractivity contribution in [1.82, 2.24) is 4.90 Å². The topological polar surface area (TPSA) is 59.5 Å². The van der Waals surface area contributed by atoms with Gasteiger partial charge < -0.3 is 15.1 Å². The van der Waals surface area contributed by atoms with Gasteiger partial charge in [-0.15, -0.1) is 0 Å². The van der Waals surface area contributed by atoms with Crippen molar-refractivity contribution < 1.29 is 9.21 Å². The highest BCUT2D eigenvalue weighted by atomic mass is 16.3. The van der Waals surface area contributed by atoms with Crippen molar-refractivity contribution in [1.29, 1.82) is 0 Å².